The van der Waals surface area contributed by atoms with Crippen molar-refractivity contribution in [1.29, 1.82) is 0 Å². The SMILES string of the molecule is OC[C@H]1O[C@@H]2O[C@H]3[C@H](O)[C@@H](O)[C@@H](O[C@H]4[C@H](O)[C@@H](O)[C@@H](O[C@H]5[C@H](O)[C@@H](O)[C@@H](O[C@H]6[C@H](O)[C@@H](O)[C@@H](O[C@H]7[C@H](O)[C@@H](O)[C@@H](O[C@H]8[C@H](O)[C@@H](O)[C@@H](O[C@H]1[C@H](O)[C@H]2O)O[C@@H]8CO)O[C@@H]7CO)O[C@@H]6CO)O[C@@H]5CI)O[C@@H]4CO)O[C@@H]3CO. The molecule has 0 saturated carbocycles. The summed E-state index contributed by atoms with van der Waals surface area (Å²) in [5.74, 6) is 0. The van der Waals surface area contributed by atoms with E-state index in [1.165, 1.54) is 0 Å². The van der Waals surface area contributed by atoms with Crippen molar-refractivity contribution in [3.05, 3.63) is 0 Å². The van der Waals surface area contributed by atoms with E-state index < -0.39 is 255 Å². The maximum atomic E-state index is 11.4. The normalized spacial score (nSPS) is 55.4. The lowest BCUT2D eigenvalue weighted by atomic mass is 9.95. The van der Waals surface area contributed by atoms with E-state index in [1.807, 2.05) is 0 Å². The summed E-state index contributed by atoms with van der Waals surface area (Å²) in [5, 5.41) is 221. The highest BCUT2D eigenvalue weighted by Gasteiger charge is 2.59. The molecular weight excluding hydrogens is 1180 g/mol. The fourth-order valence-electron chi connectivity index (χ4n) is 10.4. The zero-order valence-electron chi connectivity index (χ0n) is 40.2. The van der Waals surface area contributed by atoms with E-state index >= 15 is 0 Å². The Morgan fingerprint density at radius 2 is 0.325 bits per heavy atom. The Balaban J connectivity index is 1.08. The van der Waals surface area contributed by atoms with Gasteiger partial charge in [-0.2, -0.15) is 0 Å². The van der Waals surface area contributed by atoms with Gasteiger partial charge in [0.05, 0.1) is 45.7 Å². The Morgan fingerprint density at radius 3 is 0.455 bits per heavy atom. The molecule has 0 spiro atoms. The monoisotopic (exact) mass is 1240 g/mol. The van der Waals surface area contributed by atoms with Gasteiger partial charge in [-0.3, -0.25) is 0 Å². The molecule has 21 aliphatic rings. The molecule has 0 aromatic rings. The van der Waals surface area contributed by atoms with Crippen LogP contribution in [0.4, 0.5) is 0 Å². The third-order valence-corrected chi connectivity index (χ3v) is 15.6. The largest absolute Gasteiger partial charge is 0.394 e. The lowest BCUT2D eigenvalue weighted by molar-refractivity contribution is -0.396. The van der Waals surface area contributed by atoms with Crippen LogP contribution in [0.1, 0.15) is 0 Å². The molecule has 21 fully saturated rings. The average Bonchev–Trinajstić information content (AvgIpc) is 3.45. The minimum atomic E-state index is -2.20. The minimum Gasteiger partial charge on any atom is -0.394 e. The predicted octanol–water partition coefficient (Wildman–Crippen LogP) is -13.8. The summed E-state index contributed by atoms with van der Waals surface area (Å²) in [4.78, 5) is 0. The van der Waals surface area contributed by atoms with E-state index in [9.17, 15) is 102 Å². The summed E-state index contributed by atoms with van der Waals surface area (Å²) in [6.07, 6.45) is -68.2. The van der Waals surface area contributed by atoms with Crippen molar-refractivity contribution in [1.82, 2.24) is 0 Å². The molecule has 21 aliphatic heterocycles. The molecule has 20 N–H and O–H groups in total. The summed E-state index contributed by atoms with van der Waals surface area (Å²) >= 11 is 1.80. The van der Waals surface area contributed by atoms with Crippen molar-refractivity contribution in [2.75, 3.05) is 44.1 Å². The van der Waals surface area contributed by atoms with Gasteiger partial charge in [-0.25, -0.2) is 0 Å². The molecular formula is C42H69IO34. The number of alkyl halides is 1. The number of halogens is 1. The highest BCUT2D eigenvalue weighted by atomic mass is 127. The van der Waals surface area contributed by atoms with Crippen molar-refractivity contribution < 1.29 is 168 Å². The molecule has 0 amide bonds. The van der Waals surface area contributed by atoms with E-state index in [0.29, 0.717) is 0 Å². The summed E-state index contributed by atoms with van der Waals surface area (Å²) in [6, 6.07) is 0. The molecule has 14 bridgehead atoms. The standard InChI is InChI=1S/C42H69IO34/c43-1-8-29-15(50)22(57)36(64-8)72-30-9(2-44)66-38(24(59)17(30)52)74-32-11(4-46)68-40(26(61)19(32)54)76-34-13(6-48)70-42(28(63)21(34)56)77-35-14(7-49)69-41(27(62)20(35)55)75-33-12(5-47)67-39(25(60)18(33)53)73-31-10(3-45)65-37(71-29)23(58)16(31)51/h8-42,44-63H,1-7H2/t8-,9-,10-,11-,12-,13-,14-,15-,16-,17-,18-,19-,20-,21-,22-,23-,24-,25-,26-,27-,28-,29-,30-,31-,32-,33-,34-,35-,36-,37-,38-,39-,40-,41-,42-/m1/s1. The highest BCUT2D eigenvalue weighted by Crippen LogP contribution is 2.39. The zero-order chi connectivity index (χ0) is 56.1. The number of ether oxygens (including phenoxy) is 14. The van der Waals surface area contributed by atoms with Gasteiger partial charge >= 0.3 is 0 Å². The van der Waals surface area contributed by atoms with Gasteiger partial charge in [0, 0.05) is 4.43 Å². The number of hydrogen-bond donors (Lipinski definition) is 20. The van der Waals surface area contributed by atoms with E-state index in [-0.39, 0.29) is 4.43 Å². The van der Waals surface area contributed by atoms with Crippen molar-refractivity contribution >= 4 is 22.6 Å². The number of rotatable bonds is 7. The third kappa shape index (κ3) is 12.3. The Bertz CT molecular complexity index is 1470. The van der Waals surface area contributed by atoms with Gasteiger partial charge in [0.15, 0.2) is 44.0 Å². The molecule has 0 unspecified atom stereocenters. The highest BCUT2D eigenvalue weighted by molar-refractivity contribution is 14.1. The van der Waals surface area contributed by atoms with Crippen LogP contribution in [0.5, 0.6) is 0 Å². The first-order valence-electron chi connectivity index (χ1n) is 24.6. The first kappa shape index (κ1) is 62.4. The molecule has 21 saturated heterocycles. The Labute approximate surface area is 448 Å². The van der Waals surface area contributed by atoms with Gasteiger partial charge < -0.3 is 168 Å². The minimum absolute atomic E-state index is 0.0768. The third-order valence-electron chi connectivity index (χ3n) is 14.8. The van der Waals surface area contributed by atoms with Gasteiger partial charge in [0.1, 0.15) is 165 Å². The first-order chi connectivity index (χ1) is 36.7. The second-order valence-corrected chi connectivity index (χ2v) is 20.5. The zero-order valence-corrected chi connectivity index (χ0v) is 42.4. The maximum absolute atomic E-state index is 11.4. The van der Waals surface area contributed by atoms with Crippen LogP contribution in [0.3, 0.4) is 0 Å². The van der Waals surface area contributed by atoms with Gasteiger partial charge in [-0.15, -0.1) is 0 Å². The summed E-state index contributed by atoms with van der Waals surface area (Å²) < 4.78 is 80.2. The Kier molecular flexibility index (Phi) is 21.5. The molecule has 77 heavy (non-hydrogen) atoms. The molecule has 0 radical (unpaired) electrons. The number of hydrogen-bond acceptors (Lipinski definition) is 34. The van der Waals surface area contributed by atoms with Crippen LogP contribution in [0, 0.1) is 0 Å². The van der Waals surface area contributed by atoms with Crippen molar-refractivity contribution in [3.8, 4) is 0 Å². The predicted molar refractivity (Wildman–Crippen MR) is 240 cm³/mol. The van der Waals surface area contributed by atoms with E-state index in [2.05, 4.69) is 0 Å². The first-order valence-corrected chi connectivity index (χ1v) is 26.1. The van der Waals surface area contributed by atoms with E-state index in [1.54, 1.807) is 22.6 Å². The second-order valence-electron chi connectivity index (χ2n) is 19.6. The molecule has 21 rings (SSSR count). The fourth-order valence-corrected chi connectivity index (χ4v) is 11.1. The molecule has 35 heteroatoms. The molecule has 0 aromatic carbocycles. The lowest BCUT2D eigenvalue weighted by Crippen LogP contribution is -2.68. The van der Waals surface area contributed by atoms with Crippen molar-refractivity contribution in [3.63, 3.8) is 0 Å². The second kappa shape index (κ2) is 26.5. The van der Waals surface area contributed by atoms with Gasteiger partial charge in [0.25, 0.3) is 0 Å². The van der Waals surface area contributed by atoms with Crippen LogP contribution in [-0.2, 0) is 66.3 Å². The van der Waals surface area contributed by atoms with Crippen molar-refractivity contribution in [2.24, 2.45) is 0 Å². The van der Waals surface area contributed by atoms with Crippen molar-refractivity contribution in [2.45, 2.75) is 215 Å². The van der Waals surface area contributed by atoms with Crippen LogP contribution in [0.2, 0.25) is 0 Å². The molecule has 448 valence electrons. The van der Waals surface area contributed by atoms with Crippen LogP contribution >= 0.6 is 22.6 Å². The Morgan fingerprint density at radius 1 is 0.195 bits per heavy atom. The van der Waals surface area contributed by atoms with Crippen LogP contribution in [-0.4, -0.2) is 361 Å². The fraction of sp³-hybridized carbons (Fsp3) is 1.00. The molecule has 35 atom stereocenters. The van der Waals surface area contributed by atoms with E-state index in [0.717, 1.165) is 0 Å². The molecule has 21 heterocycles. The average molecular weight is 1240 g/mol. The van der Waals surface area contributed by atoms with Crippen LogP contribution in [0.25, 0.3) is 0 Å². The lowest BCUT2D eigenvalue weighted by Gasteiger charge is -2.50. The van der Waals surface area contributed by atoms with E-state index in [4.69, 9.17) is 66.3 Å². The smallest absolute Gasteiger partial charge is 0.187 e. The number of aliphatic hydroxyl groups is 20. The van der Waals surface area contributed by atoms with Gasteiger partial charge in [-0.1, -0.05) is 22.6 Å². The summed E-state index contributed by atoms with van der Waals surface area (Å²) in [6.45, 7) is -6.12. The van der Waals surface area contributed by atoms with Gasteiger partial charge in [-0.05, 0) is 0 Å². The molecule has 0 aliphatic carbocycles. The van der Waals surface area contributed by atoms with Gasteiger partial charge in [0.2, 0.25) is 0 Å². The van der Waals surface area contributed by atoms with Crippen LogP contribution in [0.15, 0.2) is 0 Å². The topological polar surface area (TPSA) is 534 Å². The van der Waals surface area contributed by atoms with Crippen LogP contribution < -0.4 is 0 Å². The molecule has 0 aromatic heterocycles. The summed E-state index contributed by atoms with van der Waals surface area (Å²) in [5.41, 5.74) is 0. The summed E-state index contributed by atoms with van der Waals surface area (Å²) in [7, 11) is 0. The quantitative estimate of drug-likeness (QED) is 0.0831. The number of aliphatic hydroxyl groups excluding tert-OH is 20. The Hall–Kier alpha value is -0.630. The molecule has 34 nitrogen and oxygen atoms in total. The maximum Gasteiger partial charge on any atom is 0.187 e.